The largest absolute Gasteiger partial charge is 0.367 e. The summed E-state index contributed by atoms with van der Waals surface area (Å²) in [7, 11) is 1.92. The van der Waals surface area contributed by atoms with Gasteiger partial charge in [-0.05, 0) is 25.0 Å². The molecular formula is C20H24N6O. The molecule has 0 bridgehead atoms. The standard InChI is InChI=1S/C20H24N6O/c1-24-13-15(12-22-24)17-11-16-18(5-6-21-19(16)23-17)25-7-9-26(10-8-25)20(27)14-3-2-4-14/h5-6,11-14H,2-4,7-10H2,1H3,(H,21,23). The van der Waals surface area contributed by atoms with Crippen LogP contribution in [0, 0.1) is 5.92 Å². The van der Waals surface area contributed by atoms with Crippen LogP contribution in [0.1, 0.15) is 19.3 Å². The fourth-order valence-electron chi connectivity index (χ4n) is 4.09. The van der Waals surface area contributed by atoms with Crippen LogP contribution in [0.4, 0.5) is 5.69 Å². The first kappa shape index (κ1) is 16.4. The van der Waals surface area contributed by atoms with Gasteiger partial charge in [0.1, 0.15) is 5.65 Å². The number of hydrogen-bond donors (Lipinski definition) is 1. The van der Waals surface area contributed by atoms with Gasteiger partial charge in [0.05, 0.1) is 11.9 Å². The number of amides is 1. The lowest BCUT2D eigenvalue weighted by atomic mass is 9.84. The van der Waals surface area contributed by atoms with Crippen molar-refractivity contribution in [3.63, 3.8) is 0 Å². The number of piperazine rings is 1. The van der Waals surface area contributed by atoms with Crippen molar-refractivity contribution in [2.45, 2.75) is 19.3 Å². The van der Waals surface area contributed by atoms with E-state index in [4.69, 9.17) is 0 Å². The number of aromatic amines is 1. The number of nitrogens with zero attached hydrogens (tertiary/aromatic N) is 5. The highest BCUT2D eigenvalue weighted by Gasteiger charge is 2.31. The average Bonchev–Trinajstić information content (AvgIpc) is 3.26. The lowest BCUT2D eigenvalue weighted by molar-refractivity contribution is -0.138. The topological polar surface area (TPSA) is 70.1 Å². The third kappa shape index (κ3) is 2.87. The van der Waals surface area contributed by atoms with E-state index in [-0.39, 0.29) is 5.92 Å². The molecule has 0 unspecified atom stereocenters. The van der Waals surface area contributed by atoms with Gasteiger partial charge in [0.25, 0.3) is 0 Å². The van der Waals surface area contributed by atoms with E-state index in [1.807, 2.05) is 25.6 Å². The molecule has 2 aliphatic rings. The van der Waals surface area contributed by atoms with Gasteiger partial charge < -0.3 is 14.8 Å². The maximum Gasteiger partial charge on any atom is 0.225 e. The number of rotatable bonds is 3. The van der Waals surface area contributed by atoms with Crippen LogP contribution in [0.3, 0.4) is 0 Å². The normalized spacial score (nSPS) is 18.1. The maximum absolute atomic E-state index is 12.5. The summed E-state index contributed by atoms with van der Waals surface area (Å²) in [5.74, 6) is 0.650. The summed E-state index contributed by atoms with van der Waals surface area (Å²) in [4.78, 5) is 24.8. The molecule has 7 heteroatoms. The van der Waals surface area contributed by atoms with Gasteiger partial charge in [0.15, 0.2) is 0 Å². The molecular weight excluding hydrogens is 340 g/mol. The summed E-state index contributed by atoms with van der Waals surface area (Å²) in [6, 6.07) is 4.23. The van der Waals surface area contributed by atoms with Crippen LogP contribution in [0.25, 0.3) is 22.3 Å². The summed E-state index contributed by atoms with van der Waals surface area (Å²) >= 11 is 0. The van der Waals surface area contributed by atoms with Crippen LogP contribution in [0.15, 0.2) is 30.7 Å². The fourth-order valence-corrected chi connectivity index (χ4v) is 4.09. The van der Waals surface area contributed by atoms with Crippen LogP contribution < -0.4 is 4.90 Å². The molecule has 1 N–H and O–H groups in total. The van der Waals surface area contributed by atoms with Gasteiger partial charge in [0, 0.05) is 68.2 Å². The van der Waals surface area contributed by atoms with E-state index < -0.39 is 0 Å². The van der Waals surface area contributed by atoms with Gasteiger partial charge in [-0.1, -0.05) is 6.42 Å². The number of nitrogens with one attached hydrogen (secondary N) is 1. The Morgan fingerprint density at radius 1 is 1.22 bits per heavy atom. The van der Waals surface area contributed by atoms with Crippen molar-refractivity contribution in [3.8, 4) is 11.3 Å². The maximum atomic E-state index is 12.5. The number of carbonyl (C=O) groups is 1. The van der Waals surface area contributed by atoms with Crippen molar-refractivity contribution in [1.29, 1.82) is 0 Å². The monoisotopic (exact) mass is 364 g/mol. The Balaban J connectivity index is 1.37. The molecule has 1 saturated heterocycles. The van der Waals surface area contributed by atoms with Gasteiger partial charge in [-0.2, -0.15) is 5.10 Å². The molecule has 3 aromatic rings. The molecule has 1 saturated carbocycles. The number of fused-ring (bicyclic) bond motifs is 1. The minimum Gasteiger partial charge on any atom is -0.367 e. The first-order valence-corrected chi connectivity index (χ1v) is 9.69. The molecule has 1 aliphatic heterocycles. The van der Waals surface area contributed by atoms with Crippen molar-refractivity contribution < 1.29 is 4.79 Å². The van der Waals surface area contributed by atoms with E-state index >= 15 is 0 Å². The first-order valence-electron chi connectivity index (χ1n) is 9.69. The zero-order valence-corrected chi connectivity index (χ0v) is 15.6. The minimum atomic E-state index is 0.288. The van der Waals surface area contributed by atoms with E-state index in [0.29, 0.717) is 5.91 Å². The van der Waals surface area contributed by atoms with Gasteiger partial charge in [-0.15, -0.1) is 0 Å². The highest BCUT2D eigenvalue weighted by atomic mass is 16.2. The van der Waals surface area contributed by atoms with Crippen LogP contribution in [0.2, 0.25) is 0 Å². The molecule has 5 rings (SSSR count). The average molecular weight is 364 g/mol. The number of anilines is 1. The second-order valence-corrected chi connectivity index (χ2v) is 7.62. The van der Waals surface area contributed by atoms with E-state index in [9.17, 15) is 4.79 Å². The Morgan fingerprint density at radius 2 is 2.04 bits per heavy atom. The Labute approximate surface area is 158 Å². The van der Waals surface area contributed by atoms with Crippen LogP contribution in [-0.2, 0) is 11.8 Å². The van der Waals surface area contributed by atoms with Crippen molar-refractivity contribution in [2.24, 2.45) is 13.0 Å². The summed E-state index contributed by atoms with van der Waals surface area (Å²) in [6.07, 6.45) is 9.06. The molecule has 7 nitrogen and oxygen atoms in total. The Bertz CT molecular complexity index is 977. The smallest absolute Gasteiger partial charge is 0.225 e. The molecule has 4 heterocycles. The lowest BCUT2D eigenvalue weighted by Gasteiger charge is -2.39. The number of pyridine rings is 1. The van der Waals surface area contributed by atoms with E-state index in [0.717, 1.165) is 61.3 Å². The van der Waals surface area contributed by atoms with Crippen LogP contribution >= 0.6 is 0 Å². The SMILES string of the molecule is Cn1cc(-c2cc3c(N4CCN(C(=O)C5CCC5)CC4)ccnc3[nH]2)cn1. The summed E-state index contributed by atoms with van der Waals surface area (Å²) in [6.45, 7) is 3.34. The molecule has 0 radical (unpaired) electrons. The Morgan fingerprint density at radius 3 is 2.70 bits per heavy atom. The van der Waals surface area contributed by atoms with E-state index in [1.165, 1.54) is 12.1 Å². The van der Waals surface area contributed by atoms with E-state index in [2.05, 4.69) is 37.0 Å². The predicted octanol–water partition coefficient (Wildman–Crippen LogP) is 2.41. The molecule has 0 spiro atoms. The van der Waals surface area contributed by atoms with Crippen molar-refractivity contribution in [1.82, 2.24) is 24.6 Å². The highest BCUT2D eigenvalue weighted by Crippen LogP contribution is 2.32. The van der Waals surface area contributed by atoms with Crippen molar-refractivity contribution >= 4 is 22.6 Å². The third-order valence-corrected chi connectivity index (χ3v) is 5.91. The number of aromatic nitrogens is 4. The lowest BCUT2D eigenvalue weighted by Crippen LogP contribution is -2.51. The highest BCUT2D eigenvalue weighted by molar-refractivity contribution is 5.93. The molecule has 1 aliphatic carbocycles. The van der Waals surface area contributed by atoms with Crippen molar-refractivity contribution in [3.05, 3.63) is 30.7 Å². The minimum absolute atomic E-state index is 0.288. The molecule has 27 heavy (non-hydrogen) atoms. The zero-order valence-electron chi connectivity index (χ0n) is 15.6. The fraction of sp³-hybridized carbons (Fsp3) is 0.450. The van der Waals surface area contributed by atoms with Crippen LogP contribution in [0.5, 0.6) is 0 Å². The molecule has 1 amide bonds. The van der Waals surface area contributed by atoms with Gasteiger partial charge in [-0.25, -0.2) is 4.98 Å². The summed E-state index contributed by atoms with van der Waals surface area (Å²) in [5, 5.41) is 5.38. The number of H-pyrrole nitrogens is 1. The van der Waals surface area contributed by atoms with Gasteiger partial charge in [-0.3, -0.25) is 9.48 Å². The van der Waals surface area contributed by atoms with Gasteiger partial charge in [0.2, 0.25) is 5.91 Å². The zero-order chi connectivity index (χ0) is 18.4. The molecule has 2 fully saturated rings. The summed E-state index contributed by atoms with van der Waals surface area (Å²) in [5.41, 5.74) is 4.15. The second kappa shape index (κ2) is 6.40. The van der Waals surface area contributed by atoms with Crippen LogP contribution in [-0.4, -0.2) is 56.7 Å². The quantitative estimate of drug-likeness (QED) is 0.775. The second-order valence-electron chi connectivity index (χ2n) is 7.62. The molecule has 0 atom stereocenters. The number of carbonyl (C=O) groups excluding carboxylic acids is 1. The Hall–Kier alpha value is -2.83. The number of hydrogen-bond acceptors (Lipinski definition) is 4. The van der Waals surface area contributed by atoms with Gasteiger partial charge >= 0.3 is 0 Å². The summed E-state index contributed by atoms with van der Waals surface area (Å²) < 4.78 is 1.80. The third-order valence-electron chi connectivity index (χ3n) is 5.91. The number of aryl methyl sites for hydroxylation is 1. The van der Waals surface area contributed by atoms with E-state index in [1.54, 1.807) is 4.68 Å². The molecule has 3 aromatic heterocycles. The van der Waals surface area contributed by atoms with Crippen molar-refractivity contribution in [2.75, 3.05) is 31.1 Å². The first-order chi connectivity index (χ1) is 13.2. The Kier molecular flexibility index (Phi) is 3.88. The molecule has 140 valence electrons. The predicted molar refractivity (Wildman–Crippen MR) is 104 cm³/mol. The molecule has 0 aromatic carbocycles.